The van der Waals surface area contributed by atoms with Crippen LogP contribution in [0.25, 0.3) is 22.8 Å². The quantitative estimate of drug-likeness (QED) is 0.302. The highest BCUT2D eigenvalue weighted by atomic mass is 35.5. The molecule has 0 unspecified atom stereocenters. The van der Waals surface area contributed by atoms with E-state index in [0.717, 1.165) is 42.7 Å². The number of carboxylic acids is 1. The van der Waals surface area contributed by atoms with Crippen LogP contribution in [0, 0.1) is 16.7 Å². The van der Waals surface area contributed by atoms with Gasteiger partial charge in [-0.2, -0.15) is 4.98 Å². The fourth-order valence-corrected chi connectivity index (χ4v) is 4.88. The van der Waals surface area contributed by atoms with Gasteiger partial charge in [0.05, 0.1) is 5.41 Å². The molecule has 1 N–H and O–H groups in total. The van der Waals surface area contributed by atoms with Crippen molar-refractivity contribution in [3.8, 4) is 22.8 Å². The number of likely N-dealkylation sites (tertiary alicyclic amines) is 1. The number of piperidine rings is 1. The van der Waals surface area contributed by atoms with Gasteiger partial charge in [-0.15, -0.1) is 0 Å². The van der Waals surface area contributed by atoms with Crippen molar-refractivity contribution in [2.75, 3.05) is 13.1 Å². The monoisotopic (exact) mass is 553 g/mol. The number of hydrogen-bond acceptors (Lipinski definition) is 5. The van der Waals surface area contributed by atoms with Gasteiger partial charge in [0.25, 0.3) is 5.89 Å². The third-order valence-corrected chi connectivity index (χ3v) is 7.27. The molecule has 3 aromatic rings. The van der Waals surface area contributed by atoms with Gasteiger partial charge < -0.3 is 9.63 Å². The topological polar surface area (TPSA) is 79.5 Å². The summed E-state index contributed by atoms with van der Waals surface area (Å²) >= 11 is 6.46. The number of rotatable bonds is 8. The summed E-state index contributed by atoms with van der Waals surface area (Å²) in [7, 11) is 0. The Morgan fingerprint density at radius 1 is 1.08 bits per heavy atom. The fourth-order valence-electron chi connectivity index (χ4n) is 4.62. The molecule has 0 bridgehead atoms. The SMILES string of the molecule is CC(C)(C)C.CCC1(C(=O)O)CCN(Cc2ccc(-c3noc(-c4ccc(CC(C)C)c(Cl)c4)n3)cc2)CC1. The van der Waals surface area contributed by atoms with Crippen LogP contribution in [0.4, 0.5) is 0 Å². The van der Waals surface area contributed by atoms with E-state index in [-0.39, 0.29) is 0 Å². The van der Waals surface area contributed by atoms with Crippen molar-refractivity contribution in [2.45, 2.75) is 80.7 Å². The normalized spacial score (nSPS) is 15.6. The number of aromatic nitrogens is 2. The van der Waals surface area contributed by atoms with Crippen LogP contribution in [-0.2, 0) is 17.8 Å². The van der Waals surface area contributed by atoms with Crippen LogP contribution in [-0.4, -0.2) is 39.2 Å². The van der Waals surface area contributed by atoms with Crippen LogP contribution in [0.1, 0.15) is 78.9 Å². The number of benzene rings is 2. The van der Waals surface area contributed by atoms with Crippen molar-refractivity contribution in [3.63, 3.8) is 0 Å². The number of carbonyl (C=O) groups is 1. The summed E-state index contributed by atoms with van der Waals surface area (Å²) in [5.74, 6) is 0.859. The highest BCUT2D eigenvalue weighted by molar-refractivity contribution is 6.31. The predicted molar refractivity (Wildman–Crippen MR) is 159 cm³/mol. The van der Waals surface area contributed by atoms with E-state index in [1.807, 2.05) is 37.3 Å². The zero-order valence-electron chi connectivity index (χ0n) is 24.6. The molecule has 1 aliphatic heterocycles. The van der Waals surface area contributed by atoms with Crippen molar-refractivity contribution in [1.29, 1.82) is 0 Å². The van der Waals surface area contributed by atoms with Crippen LogP contribution >= 0.6 is 11.6 Å². The van der Waals surface area contributed by atoms with E-state index in [1.54, 1.807) is 0 Å². The molecule has 7 heteroatoms. The molecule has 0 aliphatic carbocycles. The van der Waals surface area contributed by atoms with Gasteiger partial charge in [0.15, 0.2) is 0 Å². The average Bonchev–Trinajstić information content (AvgIpc) is 3.35. The maximum absolute atomic E-state index is 11.7. The first-order valence-electron chi connectivity index (χ1n) is 14.0. The Hall–Kier alpha value is -2.70. The summed E-state index contributed by atoms with van der Waals surface area (Å²) in [5.41, 5.74) is 3.93. The Kier molecular flexibility index (Phi) is 10.4. The molecule has 212 valence electrons. The first-order chi connectivity index (χ1) is 18.3. The number of carboxylic acid groups (broad SMARTS) is 1. The lowest BCUT2D eigenvalue weighted by Gasteiger charge is -2.38. The molecule has 0 saturated carbocycles. The molecule has 0 radical (unpaired) electrons. The van der Waals surface area contributed by atoms with Gasteiger partial charge in [0.1, 0.15) is 0 Å². The lowest BCUT2D eigenvalue weighted by atomic mass is 9.76. The maximum atomic E-state index is 11.7. The largest absolute Gasteiger partial charge is 0.481 e. The third kappa shape index (κ3) is 8.91. The molecule has 1 fully saturated rings. The van der Waals surface area contributed by atoms with Crippen LogP contribution in [0.15, 0.2) is 47.0 Å². The Labute approximate surface area is 238 Å². The van der Waals surface area contributed by atoms with Crippen molar-refractivity contribution in [1.82, 2.24) is 15.0 Å². The van der Waals surface area contributed by atoms with E-state index >= 15 is 0 Å². The van der Waals surface area contributed by atoms with E-state index in [2.05, 4.69) is 68.7 Å². The van der Waals surface area contributed by atoms with E-state index in [1.165, 1.54) is 5.56 Å². The molecule has 6 nitrogen and oxygen atoms in total. The Morgan fingerprint density at radius 2 is 1.67 bits per heavy atom. The second-order valence-electron chi connectivity index (χ2n) is 12.7. The van der Waals surface area contributed by atoms with Crippen molar-refractivity contribution >= 4 is 17.6 Å². The van der Waals surface area contributed by atoms with Crippen LogP contribution in [0.5, 0.6) is 0 Å². The highest BCUT2D eigenvalue weighted by Gasteiger charge is 2.39. The maximum Gasteiger partial charge on any atom is 0.309 e. The highest BCUT2D eigenvalue weighted by Crippen LogP contribution is 2.35. The molecule has 2 heterocycles. The molecule has 39 heavy (non-hydrogen) atoms. The van der Waals surface area contributed by atoms with E-state index < -0.39 is 11.4 Å². The van der Waals surface area contributed by atoms with Crippen LogP contribution in [0.3, 0.4) is 0 Å². The predicted octanol–water partition coefficient (Wildman–Crippen LogP) is 8.38. The van der Waals surface area contributed by atoms with Gasteiger partial charge in [0.2, 0.25) is 5.82 Å². The molecular formula is C32H44ClN3O3. The first kappa shape index (κ1) is 30.8. The second kappa shape index (κ2) is 13.1. The molecule has 1 aromatic heterocycles. The fraction of sp³-hybridized carbons (Fsp3) is 0.531. The van der Waals surface area contributed by atoms with Crippen LogP contribution < -0.4 is 0 Å². The molecule has 0 amide bonds. The van der Waals surface area contributed by atoms with Crippen molar-refractivity contribution < 1.29 is 14.4 Å². The smallest absolute Gasteiger partial charge is 0.309 e. The third-order valence-electron chi connectivity index (χ3n) is 6.92. The van der Waals surface area contributed by atoms with E-state index in [0.29, 0.717) is 47.3 Å². The van der Waals surface area contributed by atoms with Gasteiger partial charge in [-0.1, -0.05) is 95.6 Å². The lowest BCUT2D eigenvalue weighted by Crippen LogP contribution is -2.43. The summed E-state index contributed by atoms with van der Waals surface area (Å²) in [6.45, 7) is 17.5. The minimum Gasteiger partial charge on any atom is -0.481 e. The van der Waals surface area contributed by atoms with E-state index in [9.17, 15) is 9.90 Å². The Bertz CT molecular complexity index is 1210. The zero-order valence-corrected chi connectivity index (χ0v) is 25.3. The number of halogens is 1. The summed E-state index contributed by atoms with van der Waals surface area (Å²) in [6, 6.07) is 14.0. The van der Waals surface area contributed by atoms with Crippen molar-refractivity contribution in [2.24, 2.45) is 16.7 Å². The zero-order chi connectivity index (χ0) is 28.8. The summed E-state index contributed by atoms with van der Waals surface area (Å²) in [6.07, 6.45) is 3.01. The number of aliphatic carboxylic acids is 1. The van der Waals surface area contributed by atoms with Gasteiger partial charge in [-0.05, 0) is 73.4 Å². The minimum atomic E-state index is -0.660. The van der Waals surface area contributed by atoms with E-state index in [4.69, 9.17) is 16.1 Å². The van der Waals surface area contributed by atoms with Gasteiger partial charge in [0, 0.05) is 22.7 Å². The standard InChI is InChI=1S/C27H32ClN3O3.C5H12/c1-4-27(26(32)33)11-13-31(14-12-27)17-19-5-7-20(8-6-19)24-29-25(34-30-24)22-10-9-21(15-18(2)3)23(28)16-22;1-5(2,3)4/h5-10,16,18H,4,11-15,17H2,1-3H3,(H,32,33);1-4H3. The number of nitrogens with zero attached hydrogens (tertiary/aromatic N) is 3. The number of hydrogen-bond donors (Lipinski definition) is 1. The van der Waals surface area contributed by atoms with Crippen molar-refractivity contribution in [3.05, 3.63) is 58.6 Å². The molecule has 2 aromatic carbocycles. The summed E-state index contributed by atoms with van der Waals surface area (Å²) < 4.78 is 5.51. The second-order valence-corrected chi connectivity index (χ2v) is 13.1. The molecular weight excluding hydrogens is 510 g/mol. The summed E-state index contributed by atoms with van der Waals surface area (Å²) in [4.78, 5) is 18.6. The molecule has 0 spiro atoms. The van der Waals surface area contributed by atoms with Gasteiger partial charge in [-0.3, -0.25) is 9.69 Å². The molecule has 1 aliphatic rings. The summed E-state index contributed by atoms with van der Waals surface area (Å²) in [5, 5.41) is 14.5. The first-order valence-corrected chi connectivity index (χ1v) is 14.3. The Balaban J connectivity index is 0.000000771. The van der Waals surface area contributed by atoms with Gasteiger partial charge >= 0.3 is 5.97 Å². The van der Waals surface area contributed by atoms with Crippen LogP contribution in [0.2, 0.25) is 5.02 Å². The Morgan fingerprint density at radius 3 is 2.18 bits per heavy atom. The molecule has 0 atom stereocenters. The lowest BCUT2D eigenvalue weighted by molar-refractivity contribution is -0.152. The van der Waals surface area contributed by atoms with Gasteiger partial charge in [-0.25, -0.2) is 0 Å². The minimum absolute atomic E-state index is 0.447. The average molecular weight is 554 g/mol. The molecule has 4 rings (SSSR count). The molecule has 1 saturated heterocycles.